The molecule has 2 amide bonds. The van der Waals surface area contributed by atoms with Crippen molar-refractivity contribution in [1.29, 1.82) is 0 Å². The Morgan fingerprint density at radius 2 is 1.66 bits per heavy atom. The maximum absolute atomic E-state index is 12.8. The van der Waals surface area contributed by atoms with Gasteiger partial charge in [0.25, 0.3) is 0 Å². The van der Waals surface area contributed by atoms with Gasteiger partial charge in [0.1, 0.15) is 0 Å². The first-order valence-corrected chi connectivity index (χ1v) is 11.6. The van der Waals surface area contributed by atoms with E-state index in [1.54, 1.807) is 24.3 Å². The van der Waals surface area contributed by atoms with Crippen molar-refractivity contribution in [2.24, 2.45) is 0 Å². The first-order chi connectivity index (χ1) is 13.9. The van der Waals surface area contributed by atoms with Crippen LogP contribution in [0.1, 0.15) is 36.8 Å². The number of aryl methyl sites for hydroxylation is 1. The molecule has 2 aromatic carbocycles. The highest BCUT2D eigenvalue weighted by Gasteiger charge is 2.33. The molecule has 0 atom stereocenters. The van der Waals surface area contributed by atoms with Crippen molar-refractivity contribution >= 4 is 21.7 Å². The second-order valence-electron chi connectivity index (χ2n) is 7.91. The summed E-state index contributed by atoms with van der Waals surface area (Å²) in [6, 6.07) is 14.8. The van der Waals surface area contributed by atoms with Crippen molar-refractivity contribution in [2.45, 2.75) is 50.1 Å². The lowest BCUT2D eigenvalue weighted by atomic mass is 10.1. The van der Waals surface area contributed by atoms with Crippen LogP contribution in [0.25, 0.3) is 0 Å². The van der Waals surface area contributed by atoms with Gasteiger partial charge in [0.2, 0.25) is 10.0 Å². The molecule has 0 aromatic heterocycles. The lowest BCUT2D eigenvalue weighted by Gasteiger charge is -2.23. The summed E-state index contributed by atoms with van der Waals surface area (Å²) in [5.41, 5.74) is 2.90. The Morgan fingerprint density at radius 1 is 1.03 bits per heavy atom. The number of nitrogens with one attached hydrogen (secondary N) is 1. The lowest BCUT2D eigenvalue weighted by molar-refractivity contribution is 0.206. The Balaban J connectivity index is 1.43. The maximum Gasteiger partial charge on any atom is 0.322 e. The van der Waals surface area contributed by atoms with Gasteiger partial charge < -0.3 is 10.2 Å². The van der Waals surface area contributed by atoms with E-state index >= 15 is 0 Å². The normalized spacial score (nSPS) is 17.3. The molecule has 0 bridgehead atoms. The first kappa shape index (κ1) is 19.9. The van der Waals surface area contributed by atoms with E-state index < -0.39 is 10.0 Å². The SMILES string of the molecule is Cc1ccc(CN(C(=O)Nc2ccc(S(=O)(=O)N3CCCC3)cc2)C2CC2)cc1. The molecular weight excluding hydrogens is 386 g/mol. The standard InChI is InChI=1S/C22H27N3O3S/c1-17-4-6-18(7-5-17)16-25(20-10-11-20)22(26)23-19-8-12-21(13-9-19)29(27,28)24-14-2-3-15-24/h4-9,12-13,20H,2-3,10-11,14-16H2,1H3,(H,23,26). The summed E-state index contributed by atoms with van der Waals surface area (Å²) >= 11 is 0. The highest BCUT2D eigenvalue weighted by atomic mass is 32.2. The number of benzene rings is 2. The number of hydrogen-bond donors (Lipinski definition) is 1. The minimum Gasteiger partial charge on any atom is -0.317 e. The molecule has 1 saturated heterocycles. The van der Waals surface area contributed by atoms with Crippen LogP contribution in [-0.4, -0.2) is 42.8 Å². The zero-order valence-corrected chi connectivity index (χ0v) is 17.5. The number of rotatable bonds is 6. The zero-order chi connectivity index (χ0) is 20.4. The highest BCUT2D eigenvalue weighted by molar-refractivity contribution is 7.89. The molecule has 7 heteroatoms. The largest absolute Gasteiger partial charge is 0.322 e. The lowest BCUT2D eigenvalue weighted by Crippen LogP contribution is -2.36. The third-order valence-corrected chi connectivity index (χ3v) is 7.44. The van der Waals surface area contributed by atoms with Gasteiger partial charge in [0.05, 0.1) is 4.90 Å². The van der Waals surface area contributed by atoms with Crippen LogP contribution in [0.3, 0.4) is 0 Å². The number of hydrogen-bond acceptors (Lipinski definition) is 3. The third-order valence-electron chi connectivity index (χ3n) is 5.53. The molecule has 1 N–H and O–H groups in total. The molecule has 1 aliphatic heterocycles. The molecule has 4 rings (SSSR count). The average molecular weight is 414 g/mol. The van der Waals surface area contributed by atoms with Gasteiger partial charge in [0.15, 0.2) is 0 Å². The number of urea groups is 1. The van der Waals surface area contributed by atoms with E-state index in [0.29, 0.717) is 25.3 Å². The summed E-state index contributed by atoms with van der Waals surface area (Å²) in [4.78, 5) is 15.0. The number of amides is 2. The van der Waals surface area contributed by atoms with E-state index in [0.717, 1.165) is 31.2 Å². The van der Waals surface area contributed by atoms with Crippen molar-refractivity contribution in [3.8, 4) is 0 Å². The minimum absolute atomic E-state index is 0.150. The molecule has 29 heavy (non-hydrogen) atoms. The fourth-order valence-corrected chi connectivity index (χ4v) is 5.14. The van der Waals surface area contributed by atoms with Crippen molar-refractivity contribution < 1.29 is 13.2 Å². The van der Waals surface area contributed by atoms with Crippen LogP contribution in [0.4, 0.5) is 10.5 Å². The molecule has 0 spiro atoms. The van der Waals surface area contributed by atoms with Crippen LogP contribution in [0.5, 0.6) is 0 Å². The number of carbonyl (C=O) groups is 1. The molecule has 2 aromatic rings. The molecule has 0 unspecified atom stereocenters. The van der Waals surface area contributed by atoms with Gasteiger partial charge in [-0.15, -0.1) is 0 Å². The highest BCUT2D eigenvalue weighted by Crippen LogP contribution is 2.29. The summed E-state index contributed by atoms with van der Waals surface area (Å²) in [7, 11) is -3.44. The Labute approximate surface area is 172 Å². The van der Waals surface area contributed by atoms with Gasteiger partial charge in [-0.2, -0.15) is 4.31 Å². The van der Waals surface area contributed by atoms with Crippen LogP contribution < -0.4 is 5.32 Å². The van der Waals surface area contributed by atoms with E-state index in [9.17, 15) is 13.2 Å². The molecular formula is C22H27N3O3S. The Kier molecular flexibility index (Phi) is 5.61. The molecule has 2 aliphatic rings. The predicted molar refractivity (Wildman–Crippen MR) is 113 cm³/mol. The second kappa shape index (κ2) is 8.16. The predicted octanol–water partition coefficient (Wildman–Crippen LogP) is 3.98. The topological polar surface area (TPSA) is 69.7 Å². The number of nitrogens with zero attached hydrogens (tertiary/aromatic N) is 2. The number of carbonyl (C=O) groups excluding carboxylic acids is 1. The molecule has 6 nitrogen and oxygen atoms in total. The van der Waals surface area contributed by atoms with Crippen LogP contribution >= 0.6 is 0 Å². The van der Waals surface area contributed by atoms with E-state index in [-0.39, 0.29) is 17.0 Å². The molecule has 154 valence electrons. The minimum atomic E-state index is -3.44. The Morgan fingerprint density at radius 3 is 2.24 bits per heavy atom. The van der Waals surface area contributed by atoms with Gasteiger partial charge in [0, 0.05) is 31.4 Å². The zero-order valence-electron chi connectivity index (χ0n) is 16.7. The van der Waals surface area contributed by atoms with Gasteiger partial charge in [-0.3, -0.25) is 0 Å². The number of anilines is 1. The summed E-state index contributed by atoms with van der Waals surface area (Å²) in [6.45, 7) is 3.77. The van der Waals surface area contributed by atoms with Gasteiger partial charge in [-0.25, -0.2) is 13.2 Å². The fraction of sp³-hybridized carbons (Fsp3) is 0.409. The Hall–Kier alpha value is -2.38. The van der Waals surface area contributed by atoms with Crippen LogP contribution in [0, 0.1) is 6.92 Å². The van der Waals surface area contributed by atoms with Crippen LogP contribution in [-0.2, 0) is 16.6 Å². The third kappa shape index (κ3) is 4.62. The molecule has 1 aliphatic carbocycles. The first-order valence-electron chi connectivity index (χ1n) is 10.2. The summed E-state index contributed by atoms with van der Waals surface area (Å²) in [5.74, 6) is 0. The van der Waals surface area contributed by atoms with E-state index in [4.69, 9.17) is 0 Å². The van der Waals surface area contributed by atoms with Gasteiger partial charge in [-0.05, 0) is 62.4 Å². The smallest absolute Gasteiger partial charge is 0.317 e. The number of sulfonamides is 1. The summed E-state index contributed by atoms with van der Waals surface area (Å²) in [6.07, 6.45) is 3.86. The van der Waals surface area contributed by atoms with E-state index in [2.05, 4.69) is 29.6 Å². The van der Waals surface area contributed by atoms with Crippen molar-refractivity contribution in [3.05, 3.63) is 59.7 Å². The van der Waals surface area contributed by atoms with Gasteiger partial charge >= 0.3 is 6.03 Å². The van der Waals surface area contributed by atoms with Crippen molar-refractivity contribution in [2.75, 3.05) is 18.4 Å². The monoisotopic (exact) mass is 413 g/mol. The van der Waals surface area contributed by atoms with E-state index in [1.807, 2.05) is 11.8 Å². The van der Waals surface area contributed by atoms with Crippen LogP contribution in [0.2, 0.25) is 0 Å². The van der Waals surface area contributed by atoms with Crippen LogP contribution in [0.15, 0.2) is 53.4 Å². The van der Waals surface area contributed by atoms with Crippen molar-refractivity contribution in [1.82, 2.24) is 9.21 Å². The summed E-state index contributed by atoms with van der Waals surface area (Å²) in [5, 5.41) is 2.92. The van der Waals surface area contributed by atoms with E-state index in [1.165, 1.54) is 9.87 Å². The average Bonchev–Trinajstić information content (AvgIpc) is 3.39. The molecule has 1 saturated carbocycles. The Bertz CT molecular complexity index is 961. The van der Waals surface area contributed by atoms with Gasteiger partial charge in [-0.1, -0.05) is 29.8 Å². The maximum atomic E-state index is 12.8. The fourth-order valence-electron chi connectivity index (χ4n) is 3.63. The summed E-state index contributed by atoms with van der Waals surface area (Å²) < 4.78 is 26.8. The van der Waals surface area contributed by atoms with Crippen molar-refractivity contribution in [3.63, 3.8) is 0 Å². The quantitative estimate of drug-likeness (QED) is 0.779. The molecule has 0 radical (unpaired) electrons. The molecule has 1 heterocycles. The molecule has 2 fully saturated rings. The second-order valence-corrected chi connectivity index (χ2v) is 9.85.